The number of sulfonamides is 1. The standard InChI is InChI=1S/C16H18ClF3N2O4S/c1-27(23,24)22-15-12-7-13(17)9(6-14(12)26-21-15)8-25-11-4-2-10(3-5-11)16(18,19)20/h6-7,10-11H,2-5,8H2,1H3,(H,21,22). The molecule has 0 radical (unpaired) electrons. The summed E-state index contributed by atoms with van der Waals surface area (Å²) >= 11 is 6.23. The van der Waals surface area contributed by atoms with Gasteiger partial charge in [-0.3, -0.25) is 4.72 Å². The van der Waals surface area contributed by atoms with Gasteiger partial charge in [-0.05, 0) is 37.8 Å². The molecular formula is C16H18ClF3N2O4S. The van der Waals surface area contributed by atoms with Gasteiger partial charge in [0.25, 0.3) is 0 Å². The number of aromatic nitrogens is 1. The van der Waals surface area contributed by atoms with Crippen molar-refractivity contribution in [1.29, 1.82) is 0 Å². The Morgan fingerprint density at radius 3 is 2.56 bits per heavy atom. The molecule has 0 amide bonds. The monoisotopic (exact) mass is 426 g/mol. The van der Waals surface area contributed by atoms with Crippen molar-refractivity contribution in [3.8, 4) is 0 Å². The molecule has 1 heterocycles. The molecule has 1 aromatic heterocycles. The van der Waals surface area contributed by atoms with Gasteiger partial charge in [0.2, 0.25) is 10.0 Å². The van der Waals surface area contributed by atoms with E-state index in [2.05, 4.69) is 9.88 Å². The Bertz CT molecular complexity index is 922. The topological polar surface area (TPSA) is 81.4 Å². The predicted octanol–water partition coefficient (Wildman–Crippen LogP) is 4.49. The number of alkyl halides is 3. The Morgan fingerprint density at radius 1 is 1.30 bits per heavy atom. The summed E-state index contributed by atoms with van der Waals surface area (Å²) in [6.07, 6.45) is -2.61. The van der Waals surface area contributed by atoms with Gasteiger partial charge in [0.1, 0.15) is 0 Å². The maximum Gasteiger partial charge on any atom is 0.391 e. The number of halogens is 4. The number of hydrogen-bond acceptors (Lipinski definition) is 5. The Kier molecular flexibility index (Phi) is 5.60. The number of benzene rings is 1. The predicted molar refractivity (Wildman–Crippen MR) is 94.1 cm³/mol. The summed E-state index contributed by atoms with van der Waals surface area (Å²) in [6, 6.07) is 3.10. The molecule has 27 heavy (non-hydrogen) atoms. The maximum atomic E-state index is 12.7. The zero-order valence-corrected chi connectivity index (χ0v) is 15.9. The van der Waals surface area contributed by atoms with Crippen LogP contribution in [0.2, 0.25) is 5.02 Å². The van der Waals surface area contributed by atoms with Crippen LogP contribution in [0.25, 0.3) is 11.0 Å². The van der Waals surface area contributed by atoms with Crippen LogP contribution in [0.1, 0.15) is 31.2 Å². The third kappa shape index (κ3) is 5.05. The van der Waals surface area contributed by atoms with Crippen LogP contribution in [0.4, 0.5) is 19.0 Å². The smallest absolute Gasteiger partial charge is 0.373 e. The van der Waals surface area contributed by atoms with Crippen LogP contribution >= 0.6 is 11.6 Å². The van der Waals surface area contributed by atoms with E-state index in [4.69, 9.17) is 20.9 Å². The van der Waals surface area contributed by atoms with Crippen molar-refractivity contribution in [3.63, 3.8) is 0 Å². The molecule has 1 N–H and O–H groups in total. The molecule has 1 aliphatic carbocycles. The van der Waals surface area contributed by atoms with E-state index >= 15 is 0 Å². The van der Waals surface area contributed by atoms with Gasteiger partial charge in [-0.15, -0.1) is 0 Å². The fraction of sp³-hybridized carbons (Fsp3) is 0.562. The number of nitrogens with zero attached hydrogens (tertiary/aromatic N) is 1. The Morgan fingerprint density at radius 2 is 1.96 bits per heavy atom. The van der Waals surface area contributed by atoms with E-state index < -0.39 is 22.1 Å². The Labute approximate surface area is 159 Å². The van der Waals surface area contributed by atoms with Gasteiger partial charge >= 0.3 is 6.18 Å². The number of fused-ring (bicyclic) bond motifs is 1. The first-order valence-corrected chi connectivity index (χ1v) is 10.5. The number of hydrogen-bond donors (Lipinski definition) is 1. The summed E-state index contributed by atoms with van der Waals surface area (Å²) in [6.45, 7) is 0.117. The molecule has 1 aromatic carbocycles. The molecule has 0 bridgehead atoms. The summed E-state index contributed by atoms with van der Waals surface area (Å²) in [5.41, 5.74) is 0.911. The van der Waals surface area contributed by atoms with Crippen molar-refractivity contribution in [3.05, 3.63) is 22.7 Å². The molecule has 0 spiro atoms. The highest BCUT2D eigenvalue weighted by Crippen LogP contribution is 2.38. The number of nitrogens with one attached hydrogen (secondary N) is 1. The normalized spacial score (nSPS) is 21.5. The van der Waals surface area contributed by atoms with E-state index in [1.54, 1.807) is 6.07 Å². The lowest BCUT2D eigenvalue weighted by atomic mass is 9.87. The van der Waals surface area contributed by atoms with Crippen LogP contribution in [-0.4, -0.2) is 32.1 Å². The molecule has 0 atom stereocenters. The summed E-state index contributed by atoms with van der Waals surface area (Å²) in [4.78, 5) is 0. The minimum Gasteiger partial charge on any atom is -0.373 e. The third-order valence-electron chi connectivity index (χ3n) is 4.53. The maximum absolute atomic E-state index is 12.7. The fourth-order valence-corrected chi connectivity index (χ4v) is 3.84. The van der Waals surface area contributed by atoms with Gasteiger partial charge in [0.15, 0.2) is 11.4 Å². The first-order chi connectivity index (χ1) is 12.5. The van der Waals surface area contributed by atoms with Crippen molar-refractivity contribution < 1.29 is 30.8 Å². The average Bonchev–Trinajstić information content (AvgIpc) is 2.92. The summed E-state index contributed by atoms with van der Waals surface area (Å²) in [5, 5.41) is 4.40. The second-order valence-corrected chi connectivity index (χ2v) is 8.83. The van der Waals surface area contributed by atoms with Gasteiger partial charge < -0.3 is 9.26 Å². The van der Waals surface area contributed by atoms with E-state index in [9.17, 15) is 21.6 Å². The van der Waals surface area contributed by atoms with E-state index in [0.29, 0.717) is 34.4 Å². The summed E-state index contributed by atoms with van der Waals surface area (Å²) < 4.78 is 73.9. The van der Waals surface area contributed by atoms with E-state index in [1.165, 1.54) is 6.07 Å². The number of rotatable bonds is 5. The molecule has 1 saturated carbocycles. The highest BCUT2D eigenvalue weighted by atomic mass is 35.5. The van der Waals surface area contributed by atoms with Crippen molar-refractivity contribution in [1.82, 2.24) is 5.16 Å². The van der Waals surface area contributed by atoms with Crippen LogP contribution in [0.15, 0.2) is 16.7 Å². The molecule has 0 aliphatic heterocycles. The average molecular weight is 427 g/mol. The van der Waals surface area contributed by atoms with Crippen LogP contribution < -0.4 is 4.72 Å². The molecular weight excluding hydrogens is 409 g/mol. The fourth-order valence-electron chi connectivity index (χ4n) is 3.12. The first-order valence-electron chi connectivity index (χ1n) is 8.27. The molecule has 6 nitrogen and oxygen atoms in total. The van der Waals surface area contributed by atoms with Crippen LogP contribution in [-0.2, 0) is 21.4 Å². The lowest BCUT2D eigenvalue weighted by Gasteiger charge is -2.29. The number of ether oxygens (including phenoxy) is 1. The van der Waals surface area contributed by atoms with Crippen molar-refractivity contribution in [2.45, 2.75) is 44.6 Å². The highest BCUT2D eigenvalue weighted by molar-refractivity contribution is 7.92. The van der Waals surface area contributed by atoms with Gasteiger partial charge in [0, 0.05) is 10.6 Å². The second-order valence-electron chi connectivity index (χ2n) is 6.67. The SMILES string of the molecule is CS(=O)(=O)Nc1noc2cc(COC3CCC(C(F)(F)F)CC3)c(Cl)cc12. The zero-order chi connectivity index (χ0) is 19.8. The molecule has 1 aliphatic rings. The van der Waals surface area contributed by atoms with Gasteiger partial charge in [0.05, 0.1) is 30.3 Å². The van der Waals surface area contributed by atoms with E-state index in [-0.39, 0.29) is 31.4 Å². The molecule has 3 rings (SSSR count). The first kappa shape index (κ1) is 20.2. The Balaban J connectivity index is 1.65. The van der Waals surface area contributed by atoms with Crippen molar-refractivity contribution in [2.75, 3.05) is 11.0 Å². The van der Waals surface area contributed by atoms with Gasteiger partial charge in [-0.1, -0.05) is 16.8 Å². The largest absolute Gasteiger partial charge is 0.391 e. The molecule has 1 fully saturated rings. The number of anilines is 1. The molecule has 0 unspecified atom stereocenters. The molecule has 150 valence electrons. The van der Waals surface area contributed by atoms with Crippen molar-refractivity contribution in [2.24, 2.45) is 5.92 Å². The lowest BCUT2D eigenvalue weighted by Crippen LogP contribution is -2.30. The van der Waals surface area contributed by atoms with Crippen LogP contribution in [0, 0.1) is 5.92 Å². The lowest BCUT2D eigenvalue weighted by molar-refractivity contribution is -0.188. The summed E-state index contributed by atoms with van der Waals surface area (Å²) in [7, 11) is -3.52. The van der Waals surface area contributed by atoms with Crippen LogP contribution in [0.3, 0.4) is 0 Å². The van der Waals surface area contributed by atoms with Crippen LogP contribution in [0.5, 0.6) is 0 Å². The van der Waals surface area contributed by atoms with Gasteiger partial charge in [-0.2, -0.15) is 13.2 Å². The molecule has 0 saturated heterocycles. The minimum atomic E-state index is -4.15. The van der Waals surface area contributed by atoms with Gasteiger partial charge in [-0.25, -0.2) is 8.42 Å². The third-order valence-corrected chi connectivity index (χ3v) is 5.45. The van der Waals surface area contributed by atoms with E-state index in [1.807, 2.05) is 0 Å². The Hall–Kier alpha value is -1.52. The minimum absolute atomic E-state index is 0.0346. The zero-order valence-electron chi connectivity index (χ0n) is 14.3. The van der Waals surface area contributed by atoms with E-state index in [0.717, 1.165) is 6.26 Å². The molecule has 2 aromatic rings. The quantitative estimate of drug-likeness (QED) is 0.761. The second kappa shape index (κ2) is 7.48. The van der Waals surface area contributed by atoms with Crippen molar-refractivity contribution >= 4 is 38.4 Å². The summed E-state index contributed by atoms with van der Waals surface area (Å²) in [5.74, 6) is -1.22. The molecule has 11 heteroatoms. The highest BCUT2D eigenvalue weighted by Gasteiger charge is 2.41.